The molecule has 30 heavy (non-hydrogen) atoms. The molecule has 2 heterocycles. The van der Waals surface area contributed by atoms with Gasteiger partial charge in [-0.3, -0.25) is 9.59 Å². The van der Waals surface area contributed by atoms with E-state index >= 15 is 0 Å². The van der Waals surface area contributed by atoms with Crippen molar-refractivity contribution >= 4 is 22.7 Å². The second-order valence-corrected chi connectivity index (χ2v) is 8.15. The number of carbonyl (C=O) groups is 2. The van der Waals surface area contributed by atoms with E-state index in [1.807, 2.05) is 49.4 Å². The number of hydrogen-bond donors (Lipinski definition) is 1. The third kappa shape index (κ3) is 2.84. The summed E-state index contributed by atoms with van der Waals surface area (Å²) in [6.07, 6.45) is 3.85. The van der Waals surface area contributed by atoms with Gasteiger partial charge in [-0.2, -0.15) is 0 Å². The van der Waals surface area contributed by atoms with Gasteiger partial charge in [0, 0.05) is 11.4 Å². The molecular weight excluding hydrogens is 378 g/mol. The second kappa shape index (κ2) is 7.17. The molecule has 5 heteroatoms. The van der Waals surface area contributed by atoms with Crippen LogP contribution in [0.1, 0.15) is 53.4 Å². The fourth-order valence-corrected chi connectivity index (χ4v) is 4.84. The zero-order chi connectivity index (χ0) is 20.8. The average molecular weight is 401 g/mol. The molecule has 2 aromatic carbocycles. The minimum atomic E-state index is -0.609. The van der Waals surface area contributed by atoms with Gasteiger partial charge in [0.25, 0.3) is 5.91 Å². The maximum atomic E-state index is 13.5. The Hall–Kier alpha value is -3.34. The number of rotatable bonds is 4. The number of aryl methyl sites for hydroxylation is 1. The van der Waals surface area contributed by atoms with Crippen LogP contribution in [0.25, 0.3) is 11.0 Å². The first-order valence-electron chi connectivity index (χ1n) is 10.4. The van der Waals surface area contributed by atoms with Crippen LogP contribution >= 0.6 is 0 Å². The Morgan fingerprint density at radius 3 is 2.50 bits per heavy atom. The van der Waals surface area contributed by atoms with Gasteiger partial charge in [-0.1, -0.05) is 55.3 Å². The number of aliphatic hydroxyl groups excluding tert-OH is 1. The van der Waals surface area contributed by atoms with E-state index in [4.69, 9.17) is 4.42 Å². The molecule has 1 fully saturated rings. The second-order valence-electron chi connectivity index (χ2n) is 8.15. The summed E-state index contributed by atoms with van der Waals surface area (Å²) in [7, 11) is 0. The summed E-state index contributed by atoms with van der Waals surface area (Å²) in [5, 5.41) is 11.7. The predicted octanol–water partition coefficient (Wildman–Crippen LogP) is 5.26. The highest BCUT2D eigenvalue weighted by atomic mass is 16.3. The summed E-state index contributed by atoms with van der Waals surface area (Å²) in [6.45, 7) is 1.96. The number of Topliss-reactive ketones (excluding diaryl/α,β-unsaturated/α-hetero) is 1. The zero-order valence-electron chi connectivity index (χ0n) is 16.8. The number of furan rings is 1. The molecule has 1 aliphatic carbocycles. The Labute approximate surface area is 174 Å². The van der Waals surface area contributed by atoms with E-state index in [9.17, 15) is 14.7 Å². The molecule has 1 atom stereocenters. The van der Waals surface area contributed by atoms with E-state index < -0.39 is 23.5 Å². The van der Waals surface area contributed by atoms with Crippen LogP contribution in [-0.2, 0) is 4.79 Å². The first-order valence-corrected chi connectivity index (χ1v) is 10.4. The quantitative estimate of drug-likeness (QED) is 0.605. The molecule has 3 aromatic rings. The Kier molecular flexibility index (Phi) is 4.46. The molecule has 0 bridgehead atoms. The van der Waals surface area contributed by atoms with Crippen LogP contribution in [0.5, 0.6) is 0 Å². The molecule has 1 amide bonds. The summed E-state index contributed by atoms with van der Waals surface area (Å²) in [5.74, 6) is -1.22. The lowest BCUT2D eigenvalue weighted by Crippen LogP contribution is -2.39. The van der Waals surface area contributed by atoms with Crippen molar-refractivity contribution < 1.29 is 19.1 Å². The van der Waals surface area contributed by atoms with Gasteiger partial charge in [-0.15, -0.1) is 0 Å². The molecule has 152 valence electrons. The van der Waals surface area contributed by atoms with Crippen molar-refractivity contribution in [2.75, 3.05) is 0 Å². The number of aliphatic hydroxyl groups is 1. The van der Waals surface area contributed by atoms with Crippen molar-refractivity contribution in [1.82, 2.24) is 4.90 Å². The Morgan fingerprint density at radius 2 is 1.77 bits per heavy atom. The number of hydrogen-bond acceptors (Lipinski definition) is 4. The molecule has 5 rings (SSSR count). The van der Waals surface area contributed by atoms with Gasteiger partial charge in [-0.05, 0) is 43.0 Å². The van der Waals surface area contributed by atoms with Crippen molar-refractivity contribution in [1.29, 1.82) is 0 Å². The highest BCUT2D eigenvalue weighted by Gasteiger charge is 2.48. The summed E-state index contributed by atoms with van der Waals surface area (Å²) >= 11 is 0. The molecule has 1 aromatic heterocycles. The van der Waals surface area contributed by atoms with Crippen molar-refractivity contribution in [2.24, 2.45) is 0 Å². The lowest BCUT2D eigenvalue weighted by atomic mass is 9.91. The number of carbonyl (C=O) groups excluding carboxylic acids is 2. The van der Waals surface area contributed by atoms with Crippen molar-refractivity contribution in [3.63, 3.8) is 0 Å². The van der Waals surface area contributed by atoms with Crippen molar-refractivity contribution in [3.05, 3.63) is 82.8 Å². The van der Waals surface area contributed by atoms with Crippen LogP contribution in [-0.4, -0.2) is 27.7 Å². The van der Waals surface area contributed by atoms with E-state index in [1.165, 1.54) is 0 Å². The normalized spacial score (nSPS) is 20.0. The fourth-order valence-electron chi connectivity index (χ4n) is 4.84. The van der Waals surface area contributed by atoms with Crippen LogP contribution in [0.4, 0.5) is 0 Å². The maximum absolute atomic E-state index is 13.5. The Balaban J connectivity index is 1.64. The fraction of sp³-hybridized carbons (Fsp3) is 0.280. The summed E-state index contributed by atoms with van der Waals surface area (Å²) in [5.41, 5.74) is 2.55. The largest absolute Gasteiger partial charge is 0.503 e. The summed E-state index contributed by atoms with van der Waals surface area (Å²) in [4.78, 5) is 28.4. The smallest absolute Gasteiger partial charge is 0.290 e. The van der Waals surface area contributed by atoms with Gasteiger partial charge in [0.1, 0.15) is 5.58 Å². The number of ketones is 1. The number of amides is 1. The molecule has 1 aliphatic heterocycles. The standard InChI is InChI=1S/C25H23NO4/c1-15-8-2-6-12-18(15)22-21(24(28)25(29)26(22)17-10-4-5-11-17)23(27)20-14-16-9-3-7-13-19(16)30-20/h2-3,6-9,12-14,17,22,28H,4-5,10-11H2,1H3. The van der Waals surface area contributed by atoms with E-state index in [2.05, 4.69) is 0 Å². The zero-order valence-corrected chi connectivity index (χ0v) is 16.8. The van der Waals surface area contributed by atoms with Gasteiger partial charge in [-0.25, -0.2) is 0 Å². The van der Waals surface area contributed by atoms with Crippen molar-refractivity contribution in [2.45, 2.75) is 44.7 Å². The van der Waals surface area contributed by atoms with Gasteiger partial charge in [0.2, 0.25) is 5.78 Å². The minimum Gasteiger partial charge on any atom is -0.503 e. The molecule has 1 unspecified atom stereocenters. The highest BCUT2D eigenvalue weighted by Crippen LogP contribution is 2.44. The van der Waals surface area contributed by atoms with E-state index in [1.54, 1.807) is 17.0 Å². The number of para-hydroxylation sites is 1. The molecule has 5 nitrogen and oxygen atoms in total. The van der Waals surface area contributed by atoms with Gasteiger partial charge in [0.05, 0.1) is 11.6 Å². The maximum Gasteiger partial charge on any atom is 0.290 e. The van der Waals surface area contributed by atoms with Gasteiger partial charge in [0.15, 0.2) is 11.5 Å². The van der Waals surface area contributed by atoms with Crippen LogP contribution in [0, 0.1) is 6.92 Å². The van der Waals surface area contributed by atoms with E-state index in [0.717, 1.165) is 42.2 Å². The SMILES string of the molecule is Cc1ccccc1C1C(C(=O)c2cc3ccccc3o2)=C(O)C(=O)N1C1CCCC1. The summed E-state index contributed by atoms with van der Waals surface area (Å²) < 4.78 is 5.78. The molecule has 0 spiro atoms. The van der Waals surface area contributed by atoms with Crippen LogP contribution < -0.4 is 0 Å². The van der Waals surface area contributed by atoms with E-state index in [-0.39, 0.29) is 17.4 Å². The lowest BCUT2D eigenvalue weighted by Gasteiger charge is -2.32. The number of benzene rings is 2. The molecular formula is C25H23NO4. The third-order valence-corrected chi connectivity index (χ3v) is 6.34. The average Bonchev–Trinajstić information content (AvgIpc) is 3.47. The molecule has 0 radical (unpaired) electrons. The van der Waals surface area contributed by atoms with Gasteiger partial charge < -0.3 is 14.4 Å². The van der Waals surface area contributed by atoms with Gasteiger partial charge >= 0.3 is 0 Å². The monoisotopic (exact) mass is 401 g/mol. The van der Waals surface area contributed by atoms with Crippen LogP contribution in [0.3, 0.4) is 0 Å². The third-order valence-electron chi connectivity index (χ3n) is 6.34. The molecule has 1 saturated carbocycles. The minimum absolute atomic E-state index is 0.0187. The van der Waals surface area contributed by atoms with Crippen LogP contribution in [0.2, 0.25) is 0 Å². The number of nitrogens with zero attached hydrogens (tertiary/aromatic N) is 1. The Bertz CT molecular complexity index is 1150. The van der Waals surface area contributed by atoms with Crippen molar-refractivity contribution in [3.8, 4) is 0 Å². The Morgan fingerprint density at radius 1 is 1.07 bits per heavy atom. The predicted molar refractivity (Wildman–Crippen MR) is 113 cm³/mol. The summed E-state index contributed by atoms with van der Waals surface area (Å²) in [6, 6.07) is 16.2. The number of fused-ring (bicyclic) bond motifs is 1. The molecule has 1 N–H and O–H groups in total. The van der Waals surface area contributed by atoms with Crippen LogP contribution in [0.15, 0.2) is 70.3 Å². The van der Waals surface area contributed by atoms with E-state index in [0.29, 0.717) is 5.58 Å². The first-order chi connectivity index (χ1) is 14.6. The topological polar surface area (TPSA) is 70.7 Å². The molecule has 0 saturated heterocycles. The lowest BCUT2D eigenvalue weighted by molar-refractivity contribution is -0.131. The molecule has 2 aliphatic rings. The highest BCUT2D eigenvalue weighted by molar-refractivity contribution is 6.16. The first kappa shape index (κ1) is 18.7.